The fourth-order valence-electron chi connectivity index (χ4n) is 2.23. The van der Waals surface area contributed by atoms with Gasteiger partial charge in [0.25, 0.3) is 0 Å². The molecule has 0 bridgehead atoms. The van der Waals surface area contributed by atoms with Gasteiger partial charge < -0.3 is 18.9 Å². The lowest BCUT2D eigenvalue weighted by Gasteiger charge is -2.18. The molecule has 0 N–H and O–H groups in total. The number of ether oxygens (including phenoxy) is 4. The summed E-state index contributed by atoms with van der Waals surface area (Å²) in [6.07, 6.45) is 3.87. The van der Waals surface area contributed by atoms with Gasteiger partial charge in [-0.15, -0.1) is 0 Å². The Bertz CT molecular complexity index is 894. The molecule has 0 aliphatic carbocycles. The van der Waals surface area contributed by atoms with Crippen LogP contribution >= 0.6 is 0 Å². The first-order valence-corrected chi connectivity index (χ1v) is 8.23. The molecular weight excluding hydrogens is 364 g/mol. The quantitative estimate of drug-likeness (QED) is 0.350. The Labute approximate surface area is 162 Å². The van der Waals surface area contributed by atoms with Gasteiger partial charge in [0.1, 0.15) is 5.76 Å². The molecule has 2 rings (SSSR count). The number of nitrogens with zero attached hydrogens (tertiary/aromatic N) is 2. The van der Waals surface area contributed by atoms with Crippen LogP contribution in [0.3, 0.4) is 0 Å². The van der Waals surface area contributed by atoms with Crippen LogP contribution in [0.1, 0.15) is 27.6 Å². The standard InChI is InChI=1S/C20H20N2O6/c1-5-6-16(28-18-10-8-15(12-24)20(22-18)26-4)13(2)27-17-9-7-14(11-23)19(21-17)25-3/h5-13H,1H2,2-4H3/b16-6-/t13-/m1/s1. The number of allylic oxidation sites excluding steroid dienone is 2. The molecule has 2 heterocycles. The highest BCUT2D eigenvalue weighted by molar-refractivity contribution is 5.78. The normalized spacial score (nSPS) is 11.9. The number of pyridine rings is 2. The molecule has 0 saturated carbocycles. The van der Waals surface area contributed by atoms with Crippen molar-refractivity contribution in [3.05, 3.63) is 59.9 Å². The van der Waals surface area contributed by atoms with Crippen LogP contribution in [0, 0.1) is 0 Å². The third-order valence-electron chi connectivity index (χ3n) is 3.57. The summed E-state index contributed by atoms with van der Waals surface area (Å²) < 4.78 is 21.7. The first-order chi connectivity index (χ1) is 13.6. The molecule has 0 radical (unpaired) electrons. The van der Waals surface area contributed by atoms with Crippen molar-refractivity contribution < 1.29 is 28.5 Å². The Hall–Kier alpha value is -3.68. The first kappa shape index (κ1) is 20.6. The minimum atomic E-state index is -0.573. The molecular formula is C20H20N2O6. The lowest BCUT2D eigenvalue weighted by molar-refractivity contribution is 0.111. The van der Waals surface area contributed by atoms with Crippen molar-refractivity contribution >= 4 is 12.6 Å². The maximum atomic E-state index is 11.0. The number of carbonyl (C=O) groups is 2. The highest BCUT2D eigenvalue weighted by Crippen LogP contribution is 2.23. The Morgan fingerprint density at radius 1 is 0.964 bits per heavy atom. The van der Waals surface area contributed by atoms with Crippen LogP contribution in [-0.2, 0) is 0 Å². The molecule has 0 unspecified atom stereocenters. The third kappa shape index (κ3) is 4.94. The van der Waals surface area contributed by atoms with E-state index in [1.54, 1.807) is 25.1 Å². The zero-order valence-electron chi connectivity index (χ0n) is 15.7. The van der Waals surface area contributed by atoms with Crippen molar-refractivity contribution in [3.63, 3.8) is 0 Å². The van der Waals surface area contributed by atoms with Crippen LogP contribution in [0.4, 0.5) is 0 Å². The Kier molecular flexibility index (Phi) is 7.27. The molecule has 0 aliphatic heterocycles. The van der Waals surface area contributed by atoms with Crippen LogP contribution in [0.2, 0.25) is 0 Å². The molecule has 28 heavy (non-hydrogen) atoms. The van der Waals surface area contributed by atoms with E-state index >= 15 is 0 Å². The SMILES string of the molecule is C=C/C=C(\Oc1ccc(C=O)c(OC)n1)[C@@H](C)Oc1ccc(C=O)c(OC)n1. The molecule has 0 aliphatic rings. The summed E-state index contributed by atoms with van der Waals surface area (Å²) in [7, 11) is 2.82. The van der Waals surface area contributed by atoms with Crippen molar-refractivity contribution in [1.29, 1.82) is 0 Å². The number of carbonyl (C=O) groups excluding carboxylic acids is 2. The Balaban J connectivity index is 2.22. The van der Waals surface area contributed by atoms with Gasteiger partial charge in [-0.05, 0) is 25.1 Å². The van der Waals surface area contributed by atoms with Crippen LogP contribution < -0.4 is 18.9 Å². The molecule has 2 aromatic rings. The number of hydrogen-bond donors (Lipinski definition) is 0. The van der Waals surface area contributed by atoms with E-state index in [1.807, 2.05) is 0 Å². The van der Waals surface area contributed by atoms with E-state index < -0.39 is 6.10 Å². The lowest BCUT2D eigenvalue weighted by atomic mass is 10.2. The Morgan fingerprint density at radius 3 is 2.00 bits per heavy atom. The van der Waals surface area contributed by atoms with Gasteiger partial charge in [-0.2, -0.15) is 9.97 Å². The third-order valence-corrected chi connectivity index (χ3v) is 3.57. The first-order valence-electron chi connectivity index (χ1n) is 8.23. The zero-order chi connectivity index (χ0) is 20.5. The summed E-state index contributed by atoms with van der Waals surface area (Å²) in [5, 5.41) is 0. The average Bonchev–Trinajstić information content (AvgIpc) is 2.73. The molecule has 8 heteroatoms. The van der Waals surface area contributed by atoms with Crippen molar-refractivity contribution in [1.82, 2.24) is 9.97 Å². The fraction of sp³-hybridized carbons (Fsp3) is 0.200. The maximum absolute atomic E-state index is 11.0. The molecule has 0 spiro atoms. The largest absolute Gasteiger partial charge is 0.480 e. The minimum Gasteiger partial charge on any atom is -0.480 e. The summed E-state index contributed by atoms with van der Waals surface area (Å²) in [6.45, 7) is 5.41. The molecule has 2 aromatic heterocycles. The zero-order valence-corrected chi connectivity index (χ0v) is 15.7. The summed E-state index contributed by atoms with van der Waals surface area (Å²) in [6, 6.07) is 6.17. The van der Waals surface area contributed by atoms with Crippen LogP contribution in [-0.4, -0.2) is 42.9 Å². The van der Waals surface area contributed by atoms with Gasteiger partial charge in [0, 0.05) is 12.1 Å². The van der Waals surface area contributed by atoms with Crippen molar-refractivity contribution in [2.45, 2.75) is 13.0 Å². The number of aldehydes is 2. The van der Waals surface area contributed by atoms with Crippen molar-refractivity contribution in [3.8, 4) is 23.5 Å². The van der Waals surface area contributed by atoms with E-state index in [2.05, 4.69) is 16.5 Å². The van der Waals surface area contributed by atoms with E-state index in [1.165, 1.54) is 32.4 Å². The summed E-state index contributed by atoms with van der Waals surface area (Å²) in [5.41, 5.74) is 0.618. The second-order valence-electron chi connectivity index (χ2n) is 5.40. The fourth-order valence-corrected chi connectivity index (χ4v) is 2.23. The second kappa shape index (κ2) is 9.86. The predicted molar refractivity (Wildman–Crippen MR) is 101 cm³/mol. The molecule has 0 fully saturated rings. The van der Waals surface area contributed by atoms with Gasteiger partial charge in [0.05, 0.1) is 25.3 Å². The van der Waals surface area contributed by atoms with E-state index in [0.29, 0.717) is 29.5 Å². The van der Waals surface area contributed by atoms with Gasteiger partial charge >= 0.3 is 0 Å². The van der Waals surface area contributed by atoms with Gasteiger partial charge in [-0.25, -0.2) is 0 Å². The van der Waals surface area contributed by atoms with Gasteiger partial charge in [0.2, 0.25) is 23.5 Å². The molecule has 8 nitrogen and oxygen atoms in total. The number of rotatable bonds is 10. The molecule has 0 aromatic carbocycles. The van der Waals surface area contributed by atoms with Gasteiger partial charge in [-0.3, -0.25) is 9.59 Å². The number of methoxy groups -OCH3 is 2. The smallest absolute Gasteiger partial charge is 0.227 e. The van der Waals surface area contributed by atoms with Gasteiger partial charge in [-0.1, -0.05) is 12.7 Å². The molecule has 0 amide bonds. The second-order valence-corrected chi connectivity index (χ2v) is 5.40. The summed E-state index contributed by atoms with van der Waals surface area (Å²) in [4.78, 5) is 30.2. The average molecular weight is 384 g/mol. The van der Waals surface area contributed by atoms with Crippen LogP contribution in [0.5, 0.6) is 23.5 Å². The summed E-state index contributed by atoms with van der Waals surface area (Å²) in [5.74, 6) is 1.16. The number of hydrogen-bond acceptors (Lipinski definition) is 8. The van der Waals surface area contributed by atoms with Crippen LogP contribution in [0.15, 0.2) is 48.8 Å². The Morgan fingerprint density at radius 2 is 1.50 bits per heavy atom. The monoisotopic (exact) mass is 384 g/mol. The minimum absolute atomic E-state index is 0.148. The van der Waals surface area contributed by atoms with E-state index in [0.717, 1.165) is 0 Å². The van der Waals surface area contributed by atoms with E-state index in [9.17, 15) is 9.59 Å². The summed E-state index contributed by atoms with van der Waals surface area (Å²) >= 11 is 0. The molecule has 1 atom stereocenters. The highest BCUT2D eigenvalue weighted by atomic mass is 16.5. The van der Waals surface area contributed by atoms with E-state index in [4.69, 9.17) is 18.9 Å². The van der Waals surface area contributed by atoms with Gasteiger partial charge in [0.15, 0.2) is 18.7 Å². The predicted octanol–water partition coefficient (Wildman–Crippen LogP) is 3.04. The van der Waals surface area contributed by atoms with Crippen LogP contribution in [0.25, 0.3) is 0 Å². The topological polar surface area (TPSA) is 96.8 Å². The molecule has 0 saturated heterocycles. The maximum Gasteiger partial charge on any atom is 0.227 e. The molecule has 146 valence electrons. The van der Waals surface area contributed by atoms with Crippen molar-refractivity contribution in [2.24, 2.45) is 0 Å². The highest BCUT2D eigenvalue weighted by Gasteiger charge is 2.17. The van der Waals surface area contributed by atoms with Crippen molar-refractivity contribution in [2.75, 3.05) is 14.2 Å². The van der Waals surface area contributed by atoms with E-state index in [-0.39, 0.29) is 23.5 Å². The number of aromatic nitrogens is 2. The lowest BCUT2D eigenvalue weighted by Crippen LogP contribution is -2.20.